The van der Waals surface area contributed by atoms with Gasteiger partial charge in [-0.25, -0.2) is 9.59 Å². The molecule has 0 spiro atoms. The van der Waals surface area contributed by atoms with E-state index in [2.05, 4.69) is 10.3 Å². The van der Waals surface area contributed by atoms with Crippen LogP contribution in [-0.2, 0) is 19.1 Å². The summed E-state index contributed by atoms with van der Waals surface area (Å²) >= 11 is 0. The lowest BCUT2D eigenvalue weighted by Crippen LogP contribution is -2.55. The van der Waals surface area contributed by atoms with Crippen LogP contribution in [0.4, 0.5) is 10.5 Å². The van der Waals surface area contributed by atoms with Crippen LogP contribution in [-0.4, -0.2) is 94.7 Å². The van der Waals surface area contributed by atoms with E-state index in [9.17, 15) is 24.0 Å². The molecule has 0 bridgehead atoms. The van der Waals surface area contributed by atoms with Gasteiger partial charge >= 0.3 is 12.1 Å². The summed E-state index contributed by atoms with van der Waals surface area (Å²) in [5, 5.41) is 2.81. The molecule has 2 aromatic rings. The number of benzene rings is 1. The minimum atomic E-state index is -1.13. The highest BCUT2D eigenvalue weighted by molar-refractivity contribution is 6.05. The van der Waals surface area contributed by atoms with E-state index >= 15 is 0 Å². The van der Waals surface area contributed by atoms with Crippen LogP contribution in [0, 0.1) is 6.92 Å². The predicted octanol–water partition coefficient (Wildman–Crippen LogP) is 4.07. The number of amides is 4. The van der Waals surface area contributed by atoms with Crippen molar-refractivity contribution in [2.45, 2.75) is 91.7 Å². The lowest BCUT2D eigenvalue weighted by molar-refractivity contribution is -0.132. The van der Waals surface area contributed by atoms with E-state index in [1.807, 2.05) is 20.8 Å². The largest absolute Gasteiger partial charge is 0.476 e. The van der Waals surface area contributed by atoms with Crippen LogP contribution in [0.25, 0.3) is 0 Å². The third-order valence-electron chi connectivity index (χ3n) is 8.21. The second-order valence-electron chi connectivity index (χ2n) is 12.6. The summed E-state index contributed by atoms with van der Waals surface area (Å²) in [5.41, 5.74) is 0.662. The monoisotopic (exact) mass is 651 g/mol. The predicted molar refractivity (Wildman–Crippen MR) is 173 cm³/mol. The number of fused-ring (bicyclic) bond motifs is 1. The van der Waals surface area contributed by atoms with E-state index in [0.717, 1.165) is 0 Å². The van der Waals surface area contributed by atoms with Crippen LogP contribution in [0.3, 0.4) is 0 Å². The van der Waals surface area contributed by atoms with Gasteiger partial charge in [0.15, 0.2) is 5.60 Å². The van der Waals surface area contributed by atoms with Crippen LogP contribution in [0.15, 0.2) is 36.7 Å². The number of piperidine rings is 1. The van der Waals surface area contributed by atoms with E-state index in [-0.39, 0.29) is 55.0 Å². The highest BCUT2D eigenvalue weighted by Crippen LogP contribution is 2.40. The summed E-state index contributed by atoms with van der Waals surface area (Å²) in [6.45, 7) is 13.4. The number of hydrogen-bond donors (Lipinski definition) is 1. The van der Waals surface area contributed by atoms with Gasteiger partial charge in [-0.1, -0.05) is 6.92 Å². The first kappa shape index (κ1) is 35.2. The fraction of sp³-hybridized carbons (Fsp3) is 0.529. The first-order valence-corrected chi connectivity index (χ1v) is 16.0. The van der Waals surface area contributed by atoms with Crippen molar-refractivity contribution in [1.82, 2.24) is 20.1 Å². The molecule has 1 aromatic heterocycles. The Labute approximate surface area is 275 Å². The van der Waals surface area contributed by atoms with E-state index in [1.165, 1.54) is 24.2 Å². The van der Waals surface area contributed by atoms with Crippen molar-refractivity contribution in [2.75, 3.05) is 31.1 Å². The number of anilines is 1. The average molecular weight is 652 g/mol. The zero-order valence-corrected chi connectivity index (χ0v) is 28.2. The molecule has 1 N–H and O–H groups in total. The number of esters is 1. The maximum Gasteiger partial charge on any atom is 0.412 e. The number of nitrogens with one attached hydrogen (secondary N) is 1. The number of carbonyl (C=O) groups is 5. The summed E-state index contributed by atoms with van der Waals surface area (Å²) in [5.74, 6) is -0.821. The second kappa shape index (κ2) is 14.8. The maximum absolute atomic E-state index is 14.3. The van der Waals surface area contributed by atoms with Crippen molar-refractivity contribution >= 4 is 35.5 Å². The van der Waals surface area contributed by atoms with E-state index in [4.69, 9.17) is 14.2 Å². The first-order chi connectivity index (χ1) is 22.2. The molecule has 0 radical (unpaired) electrons. The van der Waals surface area contributed by atoms with Gasteiger partial charge in [0.05, 0.1) is 17.3 Å². The Bertz CT molecular complexity index is 1490. The number of nitrogens with zero attached hydrogens (tertiary/aromatic N) is 4. The van der Waals surface area contributed by atoms with Gasteiger partial charge in [0.2, 0.25) is 12.2 Å². The third kappa shape index (κ3) is 8.19. The van der Waals surface area contributed by atoms with E-state index in [1.54, 1.807) is 54.8 Å². The molecule has 1 saturated heterocycles. The molecular formula is C34H45N5O8. The number of rotatable bonds is 10. The van der Waals surface area contributed by atoms with Gasteiger partial charge in [0.25, 0.3) is 11.8 Å². The standard InChI is InChI=1S/C34H45N5O8/c1-8-29(40)36-14-16-38-27-18-26(22(4)17-28(27)47-34(6,7)32(38)43)30(41)39(21(2)3)25-12-10-15-37(20-25)33(44)46-23(5)45-31(42)24-11-9-13-35-19-24/h9,11,13,17-19,21,23,25H,8,10,12,14-16,20H2,1-7H3,(H,36,40)/t23?,25-/m1/s1. The van der Waals surface area contributed by atoms with Crippen molar-refractivity contribution in [3.8, 4) is 5.75 Å². The first-order valence-electron chi connectivity index (χ1n) is 16.0. The number of ether oxygens (including phenoxy) is 3. The van der Waals surface area contributed by atoms with Crippen molar-refractivity contribution in [2.24, 2.45) is 0 Å². The van der Waals surface area contributed by atoms with Crippen LogP contribution < -0.4 is 15.0 Å². The van der Waals surface area contributed by atoms with Crippen molar-refractivity contribution in [1.29, 1.82) is 0 Å². The SMILES string of the molecule is CCC(=O)NCCN1C(=O)C(C)(C)Oc2cc(C)c(C(=O)N(C(C)C)[C@@H]3CCCN(C(=O)OC(C)OC(=O)c4cccnc4)C3)cc21. The molecular weight excluding hydrogens is 606 g/mol. The molecule has 3 heterocycles. The van der Waals surface area contributed by atoms with Gasteiger partial charge in [-0.3, -0.25) is 19.4 Å². The van der Waals surface area contributed by atoms with Crippen molar-refractivity contribution in [3.63, 3.8) is 0 Å². The van der Waals surface area contributed by atoms with Gasteiger partial charge in [0, 0.05) is 63.5 Å². The molecule has 1 aromatic carbocycles. The Kier molecular flexibility index (Phi) is 11.1. The molecule has 254 valence electrons. The normalized spacial score (nSPS) is 17.7. The molecule has 4 amide bonds. The summed E-state index contributed by atoms with van der Waals surface area (Å²) in [7, 11) is 0. The van der Waals surface area contributed by atoms with Gasteiger partial charge in [-0.05, 0) is 77.3 Å². The highest BCUT2D eigenvalue weighted by Gasteiger charge is 2.42. The Morgan fingerprint density at radius 2 is 1.91 bits per heavy atom. The molecule has 1 fully saturated rings. The summed E-state index contributed by atoms with van der Waals surface area (Å²) in [6.07, 6.45) is 2.75. The topological polar surface area (TPSA) is 148 Å². The Morgan fingerprint density at radius 3 is 2.57 bits per heavy atom. The zero-order chi connectivity index (χ0) is 34.5. The molecule has 2 aliphatic heterocycles. The molecule has 2 atom stereocenters. The maximum atomic E-state index is 14.3. The highest BCUT2D eigenvalue weighted by atomic mass is 16.7. The Morgan fingerprint density at radius 1 is 1.17 bits per heavy atom. The van der Waals surface area contributed by atoms with Gasteiger partial charge in [-0.2, -0.15) is 0 Å². The Balaban J connectivity index is 1.51. The fourth-order valence-corrected chi connectivity index (χ4v) is 5.85. The summed E-state index contributed by atoms with van der Waals surface area (Å²) in [4.78, 5) is 73.8. The number of aryl methyl sites for hydroxylation is 1. The fourth-order valence-electron chi connectivity index (χ4n) is 5.85. The van der Waals surface area contributed by atoms with Crippen LogP contribution in [0.2, 0.25) is 0 Å². The number of pyridine rings is 1. The third-order valence-corrected chi connectivity index (χ3v) is 8.21. The van der Waals surface area contributed by atoms with Gasteiger partial charge < -0.3 is 34.2 Å². The summed E-state index contributed by atoms with van der Waals surface area (Å²) in [6, 6.07) is 6.08. The minimum absolute atomic E-state index is 0.122. The molecule has 0 aliphatic carbocycles. The van der Waals surface area contributed by atoms with Crippen LogP contribution in [0.1, 0.15) is 87.1 Å². The average Bonchev–Trinajstić information content (AvgIpc) is 3.02. The van der Waals surface area contributed by atoms with Gasteiger partial charge in [0.1, 0.15) is 5.75 Å². The minimum Gasteiger partial charge on any atom is -0.476 e. The van der Waals surface area contributed by atoms with Crippen LogP contribution >= 0.6 is 0 Å². The Hall–Kier alpha value is -4.68. The zero-order valence-electron chi connectivity index (χ0n) is 28.2. The second-order valence-corrected chi connectivity index (χ2v) is 12.6. The molecule has 0 saturated carbocycles. The molecule has 1 unspecified atom stereocenters. The summed E-state index contributed by atoms with van der Waals surface area (Å²) < 4.78 is 16.8. The van der Waals surface area contributed by atoms with E-state index in [0.29, 0.717) is 48.4 Å². The number of carbonyl (C=O) groups excluding carboxylic acids is 5. The quantitative estimate of drug-likeness (QED) is 0.297. The van der Waals surface area contributed by atoms with Gasteiger partial charge in [-0.15, -0.1) is 0 Å². The molecule has 2 aliphatic rings. The lowest BCUT2D eigenvalue weighted by atomic mass is 9.97. The molecule has 47 heavy (non-hydrogen) atoms. The van der Waals surface area contributed by atoms with Crippen LogP contribution in [0.5, 0.6) is 5.75 Å². The number of hydrogen-bond acceptors (Lipinski definition) is 9. The smallest absolute Gasteiger partial charge is 0.412 e. The van der Waals surface area contributed by atoms with E-state index < -0.39 is 24.0 Å². The number of likely N-dealkylation sites (tertiary alicyclic amines) is 1. The molecule has 13 nitrogen and oxygen atoms in total. The lowest BCUT2D eigenvalue weighted by Gasteiger charge is -2.42. The molecule has 13 heteroatoms. The molecule has 4 rings (SSSR count). The van der Waals surface area contributed by atoms with Crippen molar-refractivity contribution in [3.05, 3.63) is 53.3 Å². The number of aromatic nitrogens is 1. The van der Waals surface area contributed by atoms with Crippen molar-refractivity contribution < 1.29 is 38.2 Å².